The minimum absolute atomic E-state index is 0.00922. The molecule has 11 nitrogen and oxygen atoms in total. The van der Waals surface area contributed by atoms with E-state index in [2.05, 4.69) is 29.5 Å². The van der Waals surface area contributed by atoms with Gasteiger partial charge in [0, 0.05) is 38.9 Å². The lowest BCUT2D eigenvalue weighted by Crippen LogP contribution is -2.31. The van der Waals surface area contributed by atoms with E-state index >= 15 is 0 Å². The minimum Gasteiger partial charge on any atom is -0.391 e. The van der Waals surface area contributed by atoms with Gasteiger partial charge in [0.15, 0.2) is 0 Å². The quantitative estimate of drug-likeness (QED) is 0.339. The Labute approximate surface area is 211 Å². The molecule has 0 saturated carbocycles. The number of hydrogen-bond donors (Lipinski definition) is 3. The lowest BCUT2D eigenvalue weighted by atomic mass is 10.1. The summed E-state index contributed by atoms with van der Waals surface area (Å²) in [5.74, 6) is -0.493. The topological polar surface area (TPSA) is 153 Å². The van der Waals surface area contributed by atoms with Gasteiger partial charge in [-0.15, -0.1) is 0 Å². The molecule has 12 heteroatoms. The summed E-state index contributed by atoms with van der Waals surface area (Å²) in [6, 6.07) is 8.60. The van der Waals surface area contributed by atoms with E-state index in [-0.39, 0.29) is 28.8 Å². The first kappa shape index (κ1) is 28.7. The van der Waals surface area contributed by atoms with Crippen molar-refractivity contribution in [1.82, 2.24) is 20.3 Å². The molecular weight excluding hydrogens is 488 g/mol. The van der Waals surface area contributed by atoms with Crippen LogP contribution in [0.5, 0.6) is 5.88 Å². The number of pyridine rings is 1. The maximum atomic E-state index is 12.6. The zero-order chi connectivity index (χ0) is 26.6. The van der Waals surface area contributed by atoms with Gasteiger partial charge in [-0.2, -0.15) is 0 Å². The Bertz CT molecular complexity index is 1120. The summed E-state index contributed by atoms with van der Waals surface area (Å²) in [5, 5.41) is 5.29. The predicted molar refractivity (Wildman–Crippen MR) is 132 cm³/mol. The third-order valence-electron chi connectivity index (χ3n) is 4.92. The van der Waals surface area contributed by atoms with Gasteiger partial charge in [-0.25, -0.2) is 22.9 Å². The second kappa shape index (κ2) is 14.1. The van der Waals surface area contributed by atoms with Crippen molar-refractivity contribution in [2.75, 3.05) is 26.8 Å². The van der Waals surface area contributed by atoms with E-state index in [1.165, 1.54) is 31.4 Å². The number of benzene rings is 1. The fraction of sp³-hybridized carbons (Fsp3) is 0.417. The van der Waals surface area contributed by atoms with Gasteiger partial charge in [0.2, 0.25) is 11.8 Å². The molecule has 0 aliphatic rings. The Morgan fingerprint density at radius 2 is 1.72 bits per heavy atom. The Balaban J connectivity index is 1.87. The van der Waals surface area contributed by atoms with Crippen LogP contribution in [0.25, 0.3) is 0 Å². The number of methoxy groups -OCH3 is 1. The van der Waals surface area contributed by atoms with Crippen molar-refractivity contribution >= 4 is 27.9 Å². The number of carbonyl (C=O) groups is 3. The number of ether oxygens (including phenoxy) is 2. The molecule has 196 valence electrons. The van der Waals surface area contributed by atoms with Crippen LogP contribution in [0.2, 0.25) is 0 Å². The molecule has 1 heterocycles. The molecule has 0 bridgehead atoms. The molecule has 0 radical (unpaired) electrons. The van der Waals surface area contributed by atoms with Crippen LogP contribution in [0, 0.1) is 5.92 Å². The summed E-state index contributed by atoms with van der Waals surface area (Å²) >= 11 is 0. The van der Waals surface area contributed by atoms with E-state index < -0.39 is 22.0 Å². The molecule has 1 aromatic carbocycles. The average Bonchev–Trinajstić information content (AvgIpc) is 2.83. The third kappa shape index (κ3) is 10.0. The molecule has 0 fully saturated rings. The van der Waals surface area contributed by atoms with E-state index in [1.54, 1.807) is 12.1 Å². The predicted octanol–water partition coefficient (Wildman–Crippen LogP) is 2.03. The first-order chi connectivity index (χ1) is 17.1. The van der Waals surface area contributed by atoms with Crippen LogP contribution in [-0.2, 0) is 26.0 Å². The monoisotopic (exact) mass is 520 g/mol. The highest BCUT2D eigenvalue weighted by Crippen LogP contribution is 2.13. The van der Waals surface area contributed by atoms with E-state index in [0.29, 0.717) is 31.9 Å². The lowest BCUT2D eigenvalue weighted by molar-refractivity contribution is -0.121. The van der Waals surface area contributed by atoms with Crippen LogP contribution in [-0.4, -0.2) is 58.1 Å². The molecule has 2 rings (SSSR count). The number of aromatic nitrogens is 1. The summed E-state index contributed by atoms with van der Waals surface area (Å²) in [6.07, 6.45) is 2.21. The third-order valence-corrected chi connectivity index (χ3v) is 6.26. The van der Waals surface area contributed by atoms with Crippen molar-refractivity contribution in [3.8, 4) is 5.88 Å². The number of hydrogen-bond acceptors (Lipinski definition) is 8. The van der Waals surface area contributed by atoms with Crippen LogP contribution in [0.1, 0.15) is 42.6 Å². The summed E-state index contributed by atoms with van der Waals surface area (Å²) in [4.78, 5) is 39.6. The lowest BCUT2D eigenvalue weighted by Gasteiger charge is -2.09. The first-order valence-corrected chi connectivity index (χ1v) is 12.9. The Kier molecular flexibility index (Phi) is 11.3. The average molecular weight is 521 g/mol. The molecule has 0 aliphatic carbocycles. The summed E-state index contributed by atoms with van der Waals surface area (Å²) in [6.45, 7) is 5.13. The standard InChI is InChI=1S/C24H32N4O7S/c1-17(2)4-10-21(29)25-13-12-18-5-8-20(9-6-18)36(32,33)28-23(30)19-7-11-22(27-16-19)35-24(31)26-14-15-34-3/h5-9,11,16-17H,4,10,12-15H2,1-3H3,(H,25,29)(H,26,31)(H,28,30). The molecule has 2 aromatic rings. The Morgan fingerprint density at radius 3 is 2.33 bits per heavy atom. The van der Waals surface area contributed by atoms with E-state index in [9.17, 15) is 22.8 Å². The molecule has 0 aliphatic heterocycles. The fourth-order valence-electron chi connectivity index (χ4n) is 2.89. The van der Waals surface area contributed by atoms with Gasteiger partial charge in [-0.05, 0) is 42.5 Å². The Hall–Kier alpha value is -3.51. The van der Waals surface area contributed by atoms with E-state index in [0.717, 1.165) is 18.2 Å². The van der Waals surface area contributed by atoms with Crippen molar-refractivity contribution in [2.45, 2.75) is 38.0 Å². The van der Waals surface area contributed by atoms with E-state index in [1.807, 2.05) is 4.72 Å². The van der Waals surface area contributed by atoms with E-state index in [4.69, 9.17) is 9.47 Å². The van der Waals surface area contributed by atoms with Gasteiger partial charge in [0.05, 0.1) is 17.1 Å². The first-order valence-electron chi connectivity index (χ1n) is 11.4. The fourth-order valence-corrected chi connectivity index (χ4v) is 3.86. The highest BCUT2D eigenvalue weighted by atomic mass is 32.2. The van der Waals surface area contributed by atoms with Crippen molar-refractivity contribution in [3.05, 3.63) is 53.7 Å². The van der Waals surface area contributed by atoms with Crippen LogP contribution >= 0.6 is 0 Å². The molecule has 0 unspecified atom stereocenters. The van der Waals surface area contributed by atoms with Crippen molar-refractivity contribution < 1.29 is 32.3 Å². The second-order valence-electron chi connectivity index (χ2n) is 8.31. The SMILES string of the molecule is COCCNC(=O)Oc1ccc(C(=O)NS(=O)(=O)c2ccc(CCNC(=O)CCC(C)C)cc2)cn1. The van der Waals surface area contributed by atoms with Crippen LogP contribution in [0.15, 0.2) is 47.5 Å². The zero-order valence-corrected chi connectivity index (χ0v) is 21.4. The van der Waals surface area contributed by atoms with Gasteiger partial charge >= 0.3 is 6.09 Å². The molecule has 1 aromatic heterocycles. The maximum absolute atomic E-state index is 12.6. The molecule has 0 atom stereocenters. The molecular formula is C24H32N4O7S. The van der Waals surface area contributed by atoms with Crippen LogP contribution < -0.4 is 20.1 Å². The smallest absolute Gasteiger partial charge is 0.391 e. The highest BCUT2D eigenvalue weighted by molar-refractivity contribution is 7.90. The van der Waals surface area contributed by atoms with Gasteiger partial charge in [0.25, 0.3) is 15.9 Å². The highest BCUT2D eigenvalue weighted by Gasteiger charge is 2.19. The van der Waals surface area contributed by atoms with Crippen LogP contribution in [0.4, 0.5) is 4.79 Å². The second-order valence-corrected chi connectivity index (χ2v) is 9.99. The minimum atomic E-state index is -4.12. The number of nitrogens with one attached hydrogen (secondary N) is 3. The zero-order valence-electron chi connectivity index (χ0n) is 20.6. The normalized spacial score (nSPS) is 11.1. The van der Waals surface area contributed by atoms with Gasteiger partial charge in [-0.3, -0.25) is 9.59 Å². The molecule has 3 N–H and O–H groups in total. The molecule has 0 saturated heterocycles. The molecule has 3 amide bonds. The van der Waals surface area contributed by atoms with Crippen LogP contribution in [0.3, 0.4) is 0 Å². The van der Waals surface area contributed by atoms with Crippen molar-refractivity contribution in [3.63, 3.8) is 0 Å². The number of carbonyl (C=O) groups excluding carboxylic acids is 3. The summed E-state index contributed by atoms with van der Waals surface area (Å²) in [5.41, 5.74) is 0.811. The molecule has 0 spiro atoms. The maximum Gasteiger partial charge on any atom is 0.414 e. The number of amides is 3. The van der Waals surface area contributed by atoms with Gasteiger partial charge in [0.1, 0.15) is 0 Å². The van der Waals surface area contributed by atoms with Crippen molar-refractivity contribution in [2.24, 2.45) is 5.92 Å². The van der Waals surface area contributed by atoms with Gasteiger partial charge in [-0.1, -0.05) is 26.0 Å². The van der Waals surface area contributed by atoms with Gasteiger partial charge < -0.3 is 20.1 Å². The number of nitrogens with zero attached hydrogens (tertiary/aromatic N) is 1. The Morgan fingerprint density at radius 1 is 1.00 bits per heavy atom. The molecule has 36 heavy (non-hydrogen) atoms. The largest absolute Gasteiger partial charge is 0.414 e. The number of rotatable bonds is 13. The summed E-state index contributed by atoms with van der Waals surface area (Å²) < 4.78 is 36.9. The van der Waals surface area contributed by atoms with Crippen molar-refractivity contribution in [1.29, 1.82) is 0 Å². The summed E-state index contributed by atoms with van der Waals surface area (Å²) in [7, 11) is -2.63. The number of sulfonamides is 1.